The molecule has 1 aliphatic rings. The highest BCUT2D eigenvalue weighted by Crippen LogP contribution is 2.41. The number of rotatable bonds is 10. The van der Waals surface area contributed by atoms with E-state index in [2.05, 4.69) is 112 Å². The molecule has 1 aliphatic heterocycles. The molecule has 0 unspecified atom stereocenters. The standard InChI is InChI=1S/C35H44O4Si/c1-6-16-29(36)23-30-24-33(27(2)34(38-30)26-37-25-28-17-10-7-11-18-28)39-40(35(3,4)5,31-19-12-8-13-20-31)32-21-14-9-15-22-32/h7-15,17-22,27,29-30,33-34,36H,23-26H2,1-5H3/t27-,29-,30-,33+,34+/m1/s1. The van der Waals surface area contributed by atoms with Crippen molar-refractivity contribution in [2.24, 2.45) is 5.92 Å². The molecule has 5 atom stereocenters. The van der Waals surface area contributed by atoms with Gasteiger partial charge in [-0.25, -0.2) is 0 Å². The second kappa shape index (κ2) is 13.8. The number of ether oxygens (including phenoxy) is 2. The number of aliphatic hydroxyl groups excluding tert-OH is 1. The topological polar surface area (TPSA) is 47.9 Å². The number of hydrogen-bond acceptors (Lipinski definition) is 4. The van der Waals surface area contributed by atoms with Gasteiger partial charge in [0.05, 0.1) is 31.5 Å². The van der Waals surface area contributed by atoms with E-state index in [4.69, 9.17) is 13.9 Å². The smallest absolute Gasteiger partial charge is 0.261 e. The van der Waals surface area contributed by atoms with E-state index in [9.17, 15) is 5.11 Å². The molecule has 0 aromatic heterocycles. The van der Waals surface area contributed by atoms with Crippen LogP contribution in [0.25, 0.3) is 0 Å². The molecule has 4 rings (SSSR count). The normalized spacial score (nSPS) is 22.2. The summed E-state index contributed by atoms with van der Waals surface area (Å²) in [5, 5.41) is 13.0. The van der Waals surface area contributed by atoms with Crippen molar-refractivity contribution in [2.75, 3.05) is 6.61 Å². The van der Waals surface area contributed by atoms with Gasteiger partial charge in [-0.05, 0) is 34.3 Å². The third-order valence-corrected chi connectivity index (χ3v) is 13.0. The van der Waals surface area contributed by atoms with Gasteiger partial charge >= 0.3 is 0 Å². The van der Waals surface area contributed by atoms with Crippen molar-refractivity contribution in [3.8, 4) is 11.8 Å². The lowest BCUT2D eigenvalue weighted by Crippen LogP contribution is -2.69. The number of aliphatic hydroxyl groups is 1. The molecule has 0 radical (unpaired) electrons. The van der Waals surface area contributed by atoms with Gasteiger partial charge in [0, 0.05) is 12.3 Å². The minimum atomic E-state index is -2.76. The van der Waals surface area contributed by atoms with Crippen LogP contribution in [-0.4, -0.2) is 44.4 Å². The summed E-state index contributed by atoms with van der Waals surface area (Å²) in [6, 6.07) is 31.7. The first-order valence-electron chi connectivity index (χ1n) is 14.4. The van der Waals surface area contributed by atoms with E-state index in [1.165, 1.54) is 10.4 Å². The summed E-state index contributed by atoms with van der Waals surface area (Å²) >= 11 is 0. The van der Waals surface area contributed by atoms with Gasteiger partial charge in [-0.1, -0.05) is 125 Å². The van der Waals surface area contributed by atoms with Crippen LogP contribution in [0.5, 0.6) is 0 Å². The predicted octanol–water partition coefficient (Wildman–Crippen LogP) is 5.72. The predicted molar refractivity (Wildman–Crippen MR) is 165 cm³/mol. The van der Waals surface area contributed by atoms with Crippen LogP contribution in [0.3, 0.4) is 0 Å². The quantitative estimate of drug-likeness (QED) is 0.257. The minimum Gasteiger partial charge on any atom is -0.404 e. The maximum atomic E-state index is 10.6. The summed E-state index contributed by atoms with van der Waals surface area (Å²) < 4.78 is 20.3. The number of hydrogen-bond donors (Lipinski definition) is 1. The highest BCUT2D eigenvalue weighted by molar-refractivity contribution is 6.99. The van der Waals surface area contributed by atoms with Crippen LogP contribution in [0.1, 0.15) is 53.0 Å². The van der Waals surface area contributed by atoms with E-state index in [1.807, 2.05) is 18.2 Å². The van der Waals surface area contributed by atoms with Crippen molar-refractivity contribution in [3.63, 3.8) is 0 Å². The zero-order valence-corrected chi connectivity index (χ0v) is 25.5. The Bertz CT molecular complexity index is 1190. The molecule has 5 heteroatoms. The van der Waals surface area contributed by atoms with Gasteiger partial charge in [-0.2, -0.15) is 0 Å². The molecule has 40 heavy (non-hydrogen) atoms. The third-order valence-electron chi connectivity index (χ3n) is 7.97. The molecule has 3 aromatic rings. The van der Waals surface area contributed by atoms with Crippen LogP contribution in [0, 0.1) is 17.8 Å². The molecule has 0 aliphatic carbocycles. The third kappa shape index (κ3) is 7.12. The molecule has 1 saturated heterocycles. The Kier molecular flexibility index (Phi) is 10.4. The molecule has 1 heterocycles. The maximum Gasteiger partial charge on any atom is 0.261 e. The Hall–Kier alpha value is -2.72. The lowest BCUT2D eigenvalue weighted by molar-refractivity contribution is -0.155. The minimum absolute atomic E-state index is 0.0721. The first kappa shape index (κ1) is 30.2. The average Bonchev–Trinajstić information content (AvgIpc) is 2.95. The SMILES string of the molecule is CC#C[C@@H](O)C[C@@H]1C[C@H](O[Si](c2ccccc2)(c2ccccc2)C(C)(C)C)[C@@H](C)[C@H](COCc2ccccc2)O1. The monoisotopic (exact) mass is 556 g/mol. The van der Waals surface area contributed by atoms with Crippen LogP contribution >= 0.6 is 0 Å². The Labute approximate surface area is 241 Å². The van der Waals surface area contributed by atoms with Crippen LogP contribution in [0.4, 0.5) is 0 Å². The molecule has 212 valence electrons. The fourth-order valence-electron chi connectivity index (χ4n) is 5.90. The first-order chi connectivity index (χ1) is 19.2. The summed E-state index contributed by atoms with van der Waals surface area (Å²) in [6.45, 7) is 11.9. The van der Waals surface area contributed by atoms with Crippen molar-refractivity contribution < 1.29 is 19.0 Å². The van der Waals surface area contributed by atoms with Gasteiger partial charge in [0.1, 0.15) is 6.10 Å². The lowest BCUT2D eigenvalue weighted by Gasteiger charge is -2.49. The van der Waals surface area contributed by atoms with E-state index in [-0.39, 0.29) is 29.3 Å². The zero-order valence-electron chi connectivity index (χ0n) is 24.5. The van der Waals surface area contributed by atoms with E-state index in [1.54, 1.807) is 6.92 Å². The summed E-state index contributed by atoms with van der Waals surface area (Å²) in [7, 11) is -2.76. The first-order valence-corrected chi connectivity index (χ1v) is 16.3. The summed E-state index contributed by atoms with van der Waals surface area (Å²) in [4.78, 5) is 0. The Morgan fingerprint density at radius 3 is 2.00 bits per heavy atom. The molecular weight excluding hydrogens is 512 g/mol. The molecule has 0 saturated carbocycles. The molecule has 1 fully saturated rings. The Balaban J connectivity index is 1.67. The molecule has 4 nitrogen and oxygen atoms in total. The highest BCUT2D eigenvalue weighted by atomic mass is 28.4. The summed E-state index contributed by atoms with van der Waals surface area (Å²) in [6.07, 6.45) is 0.000146. The maximum absolute atomic E-state index is 10.6. The van der Waals surface area contributed by atoms with Crippen molar-refractivity contribution in [2.45, 2.75) is 83.5 Å². The van der Waals surface area contributed by atoms with E-state index >= 15 is 0 Å². The van der Waals surface area contributed by atoms with E-state index in [0.717, 1.165) is 5.56 Å². The molecule has 0 bridgehead atoms. The Morgan fingerprint density at radius 1 is 0.925 bits per heavy atom. The van der Waals surface area contributed by atoms with Gasteiger partial charge in [0.25, 0.3) is 8.32 Å². The van der Waals surface area contributed by atoms with E-state index in [0.29, 0.717) is 26.1 Å². The molecule has 3 aromatic carbocycles. The molecule has 1 N–H and O–H groups in total. The fraction of sp³-hybridized carbons (Fsp3) is 0.429. The van der Waals surface area contributed by atoms with Crippen LogP contribution in [0.15, 0.2) is 91.0 Å². The van der Waals surface area contributed by atoms with E-state index < -0.39 is 14.4 Å². The van der Waals surface area contributed by atoms with Gasteiger partial charge in [-0.15, -0.1) is 5.92 Å². The Morgan fingerprint density at radius 2 is 1.48 bits per heavy atom. The van der Waals surface area contributed by atoms with Crippen molar-refractivity contribution in [1.82, 2.24) is 0 Å². The van der Waals surface area contributed by atoms with Gasteiger partial charge in [-0.3, -0.25) is 0 Å². The summed E-state index contributed by atoms with van der Waals surface area (Å²) in [5.41, 5.74) is 1.14. The van der Waals surface area contributed by atoms with Crippen LogP contribution in [-0.2, 0) is 20.5 Å². The van der Waals surface area contributed by atoms with Gasteiger partial charge < -0.3 is 19.0 Å². The number of benzene rings is 3. The summed E-state index contributed by atoms with van der Waals surface area (Å²) in [5.74, 6) is 5.82. The lowest BCUT2D eigenvalue weighted by atomic mass is 9.89. The van der Waals surface area contributed by atoms with Crippen molar-refractivity contribution in [1.29, 1.82) is 0 Å². The van der Waals surface area contributed by atoms with Crippen LogP contribution < -0.4 is 10.4 Å². The largest absolute Gasteiger partial charge is 0.404 e. The zero-order chi connectivity index (χ0) is 28.6. The highest BCUT2D eigenvalue weighted by Gasteiger charge is 2.53. The van der Waals surface area contributed by atoms with Gasteiger partial charge in [0.2, 0.25) is 0 Å². The molecule has 0 spiro atoms. The van der Waals surface area contributed by atoms with Crippen molar-refractivity contribution >= 4 is 18.7 Å². The van der Waals surface area contributed by atoms with Crippen molar-refractivity contribution in [3.05, 3.63) is 96.6 Å². The second-order valence-corrected chi connectivity index (χ2v) is 16.1. The van der Waals surface area contributed by atoms with Crippen LogP contribution in [0.2, 0.25) is 5.04 Å². The molecular formula is C35H44O4Si. The van der Waals surface area contributed by atoms with Gasteiger partial charge in [0.15, 0.2) is 0 Å². The fourth-order valence-corrected chi connectivity index (χ4v) is 10.7. The average molecular weight is 557 g/mol. The second-order valence-electron chi connectivity index (χ2n) is 11.9. The molecule has 0 amide bonds.